The zero-order valence-corrected chi connectivity index (χ0v) is 21.2. The van der Waals surface area contributed by atoms with Gasteiger partial charge in [-0.25, -0.2) is 0 Å². The van der Waals surface area contributed by atoms with Crippen LogP contribution in [0.1, 0.15) is 53.2 Å². The van der Waals surface area contributed by atoms with Crippen LogP contribution in [0.3, 0.4) is 0 Å². The van der Waals surface area contributed by atoms with E-state index in [4.69, 9.17) is 9.47 Å². The quantitative estimate of drug-likeness (QED) is 0.472. The van der Waals surface area contributed by atoms with E-state index in [9.17, 15) is 10.1 Å². The number of anilines is 1. The normalized spacial score (nSPS) is 13.4. The molecule has 2 aromatic carbocycles. The standard InChI is InChI=1S/C28H31N5O3/c1-18-12-19(2)27(20(3)13-18)30-26(34)17-36-23-10-9-21(15-24(23)35-4)14-22(16-29)28-32-31-25-8-6-5-7-11-33(25)28/h9-10,12-15H,5-8,11,17H2,1-4H3,(H,30,34)/b22-14+. The minimum Gasteiger partial charge on any atom is -0.493 e. The molecular formula is C28H31N5O3. The zero-order chi connectivity index (χ0) is 25.7. The van der Waals surface area contributed by atoms with E-state index in [-0.39, 0.29) is 12.5 Å². The fourth-order valence-electron chi connectivity index (χ4n) is 4.59. The van der Waals surface area contributed by atoms with Gasteiger partial charge in [-0.3, -0.25) is 4.79 Å². The minimum absolute atomic E-state index is 0.159. The maximum Gasteiger partial charge on any atom is 0.262 e. The molecule has 0 unspecified atom stereocenters. The number of fused-ring (bicyclic) bond motifs is 1. The fourth-order valence-corrected chi connectivity index (χ4v) is 4.59. The van der Waals surface area contributed by atoms with Crippen molar-refractivity contribution in [3.05, 3.63) is 64.2 Å². The first kappa shape index (κ1) is 25.0. The molecule has 0 atom stereocenters. The number of rotatable bonds is 7. The second-order valence-corrected chi connectivity index (χ2v) is 9.09. The van der Waals surface area contributed by atoms with Crippen LogP contribution in [0.4, 0.5) is 5.69 Å². The molecule has 1 aliphatic heterocycles. The van der Waals surface area contributed by atoms with Crippen LogP contribution < -0.4 is 14.8 Å². The van der Waals surface area contributed by atoms with E-state index in [1.54, 1.807) is 25.3 Å². The Morgan fingerprint density at radius 1 is 1.11 bits per heavy atom. The summed E-state index contributed by atoms with van der Waals surface area (Å²) in [4.78, 5) is 12.6. The van der Waals surface area contributed by atoms with Gasteiger partial charge in [0, 0.05) is 18.7 Å². The number of carbonyl (C=O) groups excluding carboxylic acids is 1. The van der Waals surface area contributed by atoms with Crippen LogP contribution in [0.5, 0.6) is 11.5 Å². The van der Waals surface area contributed by atoms with Gasteiger partial charge in [0.1, 0.15) is 11.9 Å². The van der Waals surface area contributed by atoms with Gasteiger partial charge in [0.25, 0.3) is 5.91 Å². The average Bonchev–Trinajstić information content (AvgIpc) is 3.10. The van der Waals surface area contributed by atoms with Crippen LogP contribution in [0.2, 0.25) is 0 Å². The van der Waals surface area contributed by atoms with Crippen molar-refractivity contribution in [2.75, 3.05) is 19.0 Å². The topological polar surface area (TPSA) is 102 Å². The third-order valence-corrected chi connectivity index (χ3v) is 6.27. The first-order chi connectivity index (χ1) is 17.4. The number of aromatic nitrogens is 3. The van der Waals surface area contributed by atoms with Crippen LogP contribution in [-0.4, -0.2) is 34.4 Å². The van der Waals surface area contributed by atoms with E-state index in [0.29, 0.717) is 22.9 Å². The molecule has 36 heavy (non-hydrogen) atoms. The highest BCUT2D eigenvalue weighted by atomic mass is 16.5. The fraction of sp³-hybridized carbons (Fsp3) is 0.357. The molecule has 186 valence electrons. The third kappa shape index (κ3) is 5.57. The number of ether oxygens (including phenoxy) is 2. The molecule has 4 rings (SSSR count). The number of nitrogens with one attached hydrogen (secondary N) is 1. The van der Waals surface area contributed by atoms with E-state index in [0.717, 1.165) is 66.0 Å². The summed E-state index contributed by atoms with van der Waals surface area (Å²) in [5, 5.41) is 21.4. The van der Waals surface area contributed by atoms with E-state index < -0.39 is 0 Å². The molecular weight excluding hydrogens is 454 g/mol. The van der Waals surface area contributed by atoms with Crippen LogP contribution in [-0.2, 0) is 17.8 Å². The van der Waals surface area contributed by atoms with Gasteiger partial charge in [0.05, 0.1) is 12.7 Å². The highest BCUT2D eigenvalue weighted by molar-refractivity contribution is 5.93. The predicted octanol–water partition coefficient (Wildman–Crippen LogP) is 5.02. The van der Waals surface area contributed by atoms with Gasteiger partial charge in [-0.05, 0) is 68.5 Å². The van der Waals surface area contributed by atoms with Crippen LogP contribution >= 0.6 is 0 Å². The van der Waals surface area contributed by atoms with Crippen molar-refractivity contribution >= 4 is 23.2 Å². The van der Waals surface area contributed by atoms with Gasteiger partial charge < -0.3 is 19.4 Å². The molecule has 3 aromatic rings. The van der Waals surface area contributed by atoms with E-state index >= 15 is 0 Å². The molecule has 0 aliphatic carbocycles. The minimum atomic E-state index is -0.254. The summed E-state index contributed by atoms with van der Waals surface area (Å²) in [6.45, 7) is 6.63. The van der Waals surface area contributed by atoms with Gasteiger partial charge in [-0.1, -0.05) is 30.2 Å². The van der Waals surface area contributed by atoms with E-state index in [2.05, 4.69) is 21.6 Å². The maximum absolute atomic E-state index is 12.6. The predicted molar refractivity (Wildman–Crippen MR) is 139 cm³/mol. The largest absolute Gasteiger partial charge is 0.493 e. The van der Waals surface area contributed by atoms with Gasteiger partial charge >= 0.3 is 0 Å². The molecule has 0 radical (unpaired) electrons. The summed E-state index contributed by atoms with van der Waals surface area (Å²) in [7, 11) is 1.54. The van der Waals surface area contributed by atoms with Crippen molar-refractivity contribution in [2.45, 2.75) is 53.0 Å². The van der Waals surface area contributed by atoms with Crippen molar-refractivity contribution in [3.63, 3.8) is 0 Å². The first-order valence-corrected chi connectivity index (χ1v) is 12.1. The highest BCUT2D eigenvalue weighted by Gasteiger charge is 2.18. The number of amides is 1. The lowest BCUT2D eigenvalue weighted by Crippen LogP contribution is -2.21. The number of aryl methyl sites for hydroxylation is 4. The lowest BCUT2D eigenvalue weighted by Gasteiger charge is -2.14. The van der Waals surface area contributed by atoms with Crippen LogP contribution in [0, 0.1) is 32.1 Å². The Hall–Kier alpha value is -4.12. The SMILES string of the molecule is COc1cc(/C=C(\C#N)c2nnc3n2CCCCC3)ccc1OCC(=O)Nc1c(C)cc(C)cc1C. The van der Waals surface area contributed by atoms with Gasteiger partial charge in [0.2, 0.25) is 0 Å². The Labute approximate surface area is 211 Å². The molecule has 1 aromatic heterocycles. The number of methoxy groups -OCH3 is 1. The Kier molecular flexibility index (Phi) is 7.69. The monoisotopic (exact) mass is 485 g/mol. The van der Waals surface area contributed by atoms with E-state index in [1.807, 2.05) is 43.5 Å². The summed E-state index contributed by atoms with van der Waals surface area (Å²) in [6, 6.07) is 11.7. The number of carbonyl (C=O) groups is 1. The highest BCUT2D eigenvalue weighted by Crippen LogP contribution is 2.30. The third-order valence-electron chi connectivity index (χ3n) is 6.27. The summed E-state index contributed by atoms with van der Waals surface area (Å²) in [5.41, 5.74) is 5.17. The molecule has 2 heterocycles. The zero-order valence-electron chi connectivity index (χ0n) is 21.2. The molecule has 0 spiro atoms. The molecule has 1 aliphatic rings. The van der Waals surface area contributed by atoms with Gasteiger partial charge in [0.15, 0.2) is 23.9 Å². The van der Waals surface area contributed by atoms with Crippen molar-refractivity contribution in [1.82, 2.24) is 14.8 Å². The Balaban J connectivity index is 1.49. The Bertz CT molecular complexity index is 1330. The smallest absolute Gasteiger partial charge is 0.262 e. The van der Waals surface area contributed by atoms with Gasteiger partial charge in [-0.15, -0.1) is 10.2 Å². The lowest BCUT2D eigenvalue weighted by molar-refractivity contribution is -0.118. The first-order valence-electron chi connectivity index (χ1n) is 12.1. The average molecular weight is 486 g/mol. The van der Waals surface area contributed by atoms with Crippen molar-refractivity contribution in [3.8, 4) is 17.6 Å². The molecule has 0 saturated carbocycles. The summed E-state index contributed by atoms with van der Waals surface area (Å²) < 4.78 is 13.3. The Morgan fingerprint density at radius 3 is 2.61 bits per heavy atom. The number of hydrogen-bond donors (Lipinski definition) is 1. The molecule has 0 fully saturated rings. The van der Waals surface area contributed by atoms with Crippen LogP contribution in [0.15, 0.2) is 30.3 Å². The maximum atomic E-state index is 12.6. The number of allylic oxidation sites excluding steroid dienone is 1. The summed E-state index contributed by atoms with van der Waals surface area (Å²) in [5.74, 6) is 2.18. The Morgan fingerprint density at radius 2 is 1.89 bits per heavy atom. The van der Waals surface area contributed by atoms with Crippen LogP contribution in [0.25, 0.3) is 11.6 Å². The molecule has 1 amide bonds. The van der Waals surface area contributed by atoms with Crippen molar-refractivity contribution in [2.24, 2.45) is 0 Å². The lowest BCUT2D eigenvalue weighted by atomic mass is 10.1. The number of benzene rings is 2. The summed E-state index contributed by atoms with van der Waals surface area (Å²) >= 11 is 0. The molecule has 8 heteroatoms. The number of hydrogen-bond acceptors (Lipinski definition) is 6. The van der Waals surface area contributed by atoms with Crippen molar-refractivity contribution < 1.29 is 14.3 Å². The second-order valence-electron chi connectivity index (χ2n) is 9.09. The molecule has 0 saturated heterocycles. The number of nitriles is 1. The van der Waals surface area contributed by atoms with Gasteiger partial charge in [-0.2, -0.15) is 5.26 Å². The molecule has 1 N–H and O–H groups in total. The molecule has 0 bridgehead atoms. The number of nitrogens with zero attached hydrogens (tertiary/aromatic N) is 4. The van der Waals surface area contributed by atoms with E-state index in [1.165, 1.54) is 0 Å². The second kappa shape index (κ2) is 11.1. The molecule has 8 nitrogen and oxygen atoms in total. The summed E-state index contributed by atoms with van der Waals surface area (Å²) in [6.07, 6.45) is 5.93. The van der Waals surface area contributed by atoms with Crippen molar-refractivity contribution in [1.29, 1.82) is 5.26 Å².